The lowest BCUT2D eigenvalue weighted by Gasteiger charge is -2.08. The van der Waals surface area contributed by atoms with Crippen LogP contribution >= 0.6 is 15.9 Å². The first-order chi connectivity index (χ1) is 9.77. The number of primary sulfonamides is 1. The summed E-state index contributed by atoms with van der Waals surface area (Å²) in [6.07, 6.45) is 1.52. The van der Waals surface area contributed by atoms with Crippen molar-refractivity contribution in [3.8, 4) is 0 Å². The van der Waals surface area contributed by atoms with Crippen molar-refractivity contribution in [2.45, 2.75) is 11.8 Å². The number of benzene rings is 1. The molecule has 0 atom stereocenters. The van der Waals surface area contributed by atoms with E-state index in [4.69, 9.17) is 5.14 Å². The van der Waals surface area contributed by atoms with Gasteiger partial charge in [0.2, 0.25) is 10.0 Å². The number of carbonyl (C=O) groups excluding carboxylic acids is 1. The summed E-state index contributed by atoms with van der Waals surface area (Å²) in [5.74, 6) is -0.384. The molecule has 0 fully saturated rings. The van der Waals surface area contributed by atoms with E-state index >= 15 is 0 Å². The van der Waals surface area contributed by atoms with E-state index in [0.29, 0.717) is 11.3 Å². The summed E-state index contributed by atoms with van der Waals surface area (Å²) in [4.78, 5) is 16.0. The van der Waals surface area contributed by atoms with Gasteiger partial charge in [0.1, 0.15) is 5.69 Å². The maximum atomic E-state index is 12.0. The Morgan fingerprint density at radius 1 is 1.29 bits per heavy atom. The predicted molar refractivity (Wildman–Crippen MR) is 82.4 cm³/mol. The summed E-state index contributed by atoms with van der Waals surface area (Å²) >= 11 is 3.23. The molecule has 0 aliphatic carbocycles. The average Bonchev–Trinajstić information content (AvgIpc) is 2.37. The van der Waals surface area contributed by atoms with Crippen molar-refractivity contribution < 1.29 is 13.2 Å². The van der Waals surface area contributed by atoms with Gasteiger partial charge in [-0.1, -0.05) is 0 Å². The van der Waals surface area contributed by atoms with Gasteiger partial charge in [-0.2, -0.15) is 0 Å². The number of aryl methyl sites for hydroxylation is 1. The number of hydrogen-bond donors (Lipinski definition) is 2. The minimum absolute atomic E-state index is 0.0299. The van der Waals surface area contributed by atoms with E-state index in [1.807, 2.05) is 0 Å². The van der Waals surface area contributed by atoms with Crippen molar-refractivity contribution in [2.24, 2.45) is 5.14 Å². The maximum absolute atomic E-state index is 12.0. The third-order valence-corrected chi connectivity index (χ3v) is 4.24. The summed E-state index contributed by atoms with van der Waals surface area (Å²) in [5, 5.41) is 7.73. The molecular weight excluding hydrogens is 358 g/mol. The van der Waals surface area contributed by atoms with Crippen molar-refractivity contribution in [2.75, 3.05) is 5.32 Å². The lowest BCUT2D eigenvalue weighted by atomic mass is 10.2. The van der Waals surface area contributed by atoms with Crippen LogP contribution in [0, 0.1) is 6.92 Å². The van der Waals surface area contributed by atoms with Crippen LogP contribution in [-0.4, -0.2) is 19.3 Å². The van der Waals surface area contributed by atoms with Gasteiger partial charge in [-0.15, -0.1) is 0 Å². The molecule has 1 aromatic heterocycles. The molecule has 0 aliphatic rings. The van der Waals surface area contributed by atoms with Gasteiger partial charge in [0.05, 0.1) is 4.90 Å². The molecule has 2 aromatic rings. The number of halogens is 1. The summed E-state index contributed by atoms with van der Waals surface area (Å²) in [6, 6.07) is 7.65. The van der Waals surface area contributed by atoms with E-state index in [1.165, 1.54) is 24.4 Å². The zero-order valence-electron chi connectivity index (χ0n) is 11.0. The molecule has 0 spiro atoms. The highest BCUT2D eigenvalue weighted by Crippen LogP contribution is 2.19. The zero-order valence-corrected chi connectivity index (χ0v) is 13.4. The molecule has 0 saturated carbocycles. The molecule has 8 heteroatoms. The number of rotatable bonds is 3. The molecule has 1 heterocycles. The van der Waals surface area contributed by atoms with Gasteiger partial charge in [0.15, 0.2) is 0 Å². The van der Waals surface area contributed by atoms with Gasteiger partial charge in [-0.25, -0.2) is 18.5 Å². The van der Waals surface area contributed by atoms with Gasteiger partial charge in [0.25, 0.3) is 5.91 Å². The van der Waals surface area contributed by atoms with E-state index in [1.54, 1.807) is 19.1 Å². The van der Waals surface area contributed by atoms with E-state index in [0.717, 1.165) is 4.47 Å². The minimum Gasteiger partial charge on any atom is -0.321 e. The lowest BCUT2D eigenvalue weighted by molar-refractivity contribution is 0.102. The quantitative estimate of drug-likeness (QED) is 0.863. The van der Waals surface area contributed by atoms with Gasteiger partial charge in [0, 0.05) is 16.4 Å². The average molecular weight is 370 g/mol. The number of anilines is 1. The Labute approximate surface area is 130 Å². The molecule has 6 nitrogen and oxygen atoms in total. The van der Waals surface area contributed by atoms with Gasteiger partial charge < -0.3 is 5.32 Å². The van der Waals surface area contributed by atoms with Crippen molar-refractivity contribution in [1.82, 2.24) is 4.98 Å². The second-order valence-corrected chi connectivity index (χ2v) is 6.79. The fourth-order valence-corrected chi connectivity index (χ4v) is 2.75. The second kappa shape index (κ2) is 5.92. The molecule has 0 unspecified atom stereocenters. The van der Waals surface area contributed by atoms with Crippen molar-refractivity contribution in [3.63, 3.8) is 0 Å². The van der Waals surface area contributed by atoms with Crippen LogP contribution in [0.3, 0.4) is 0 Å². The number of carbonyl (C=O) groups is 1. The van der Waals surface area contributed by atoms with Crippen LogP contribution in [0.4, 0.5) is 5.69 Å². The van der Waals surface area contributed by atoms with Crippen LogP contribution in [0.2, 0.25) is 0 Å². The third kappa shape index (κ3) is 3.87. The molecular formula is C13H12BrN3O3S. The summed E-state index contributed by atoms with van der Waals surface area (Å²) in [5.41, 5.74) is 1.18. The molecule has 2 rings (SSSR count). The van der Waals surface area contributed by atoms with Crippen LogP contribution < -0.4 is 10.5 Å². The first kappa shape index (κ1) is 15.6. The molecule has 1 amide bonds. The molecule has 110 valence electrons. The maximum Gasteiger partial charge on any atom is 0.274 e. The first-order valence-electron chi connectivity index (χ1n) is 5.84. The van der Waals surface area contributed by atoms with Crippen molar-refractivity contribution in [3.05, 3.63) is 52.3 Å². The Hall–Kier alpha value is -1.77. The Bertz CT molecular complexity index is 789. The Morgan fingerprint density at radius 2 is 2.00 bits per heavy atom. The molecule has 0 saturated heterocycles. The number of amides is 1. The zero-order chi connectivity index (χ0) is 15.6. The van der Waals surface area contributed by atoms with E-state index in [9.17, 15) is 13.2 Å². The fraction of sp³-hybridized carbons (Fsp3) is 0.0769. The number of nitrogens with zero attached hydrogens (tertiary/aromatic N) is 1. The van der Waals surface area contributed by atoms with E-state index in [-0.39, 0.29) is 16.5 Å². The third-order valence-electron chi connectivity index (χ3n) is 2.70. The van der Waals surface area contributed by atoms with Crippen LogP contribution in [0.5, 0.6) is 0 Å². The van der Waals surface area contributed by atoms with Crippen molar-refractivity contribution >= 4 is 37.5 Å². The summed E-state index contributed by atoms with van der Waals surface area (Å²) in [7, 11) is -3.77. The molecule has 3 N–H and O–H groups in total. The summed E-state index contributed by atoms with van der Waals surface area (Å²) in [6.45, 7) is 1.60. The van der Waals surface area contributed by atoms with Gasteiger partial charge >= 0.3 is 0 Å². The van der Waals surface area contributed by atoms with Crippen molar-refractivity contribution in [1.29, 1.82) is 0 Å². The van der Waals surface area contributed by atoms with Crippen LogP contribution in [0.15, 0.2) is 45.9 Å². The number of hydrogen-bond acceptors (Lipinski definition) is 4. The Morgan fingerprint density at radius 3 is 2.52 bits per heavy atom. The predicted octanol–water partition coefficient (Wildman–Crippen LogP) is 2.05. The first-order valence-corrected chi connectivity index (χ1v) is 8.17. The van der Waals surface area contributed by atoms with Gasteiger partial charge in [-0.3, -0.25) is 4.79 Å². The number of pyridine rings is 1. The number of aromatic nitrogens is 1. The molecule has 0 aliphatic heterocycles. The standard InChI is InChI=1S/C13H12BrN3O3S/c1-8-6-10(3-5-12(8)21(15,19)20)17-13(18)11-4-2-9(14)7-16-11/h2-7H,1H3,(H,17,18)(H2,15,19,20). The number of nitrogens with one attached hydrogen (secondary N) is 1. The molecule has 1 aromatic carbocycles. The monoisotopic (exact) mass is 369 g/mol. The van der Waals surface area contributed by atoms with E-state index in [2.05, 4.69) is 26.2 Å². The summed E-state index contributed by atoms with van der Waals surface area (Å²) < 4.78 is 23.4. The molecule has 0 radical (unpaired) electrons. The van der Waals surface area contributed by atoms with Crippen LogP contribution in [0.25, 0.3) is 0 Å². The lowest BCUT2D eigenvalue weighted by Crippen LogP contribution is -2.16. The Kier molecular flexibility index (Phi) is 4.40. The number of nitrogens with two attached hydrogens (primary N) is 1. The topological polar surface area (TPSA) is 102 Å². The second-order valence-electron chi connectivity index (χ2n) is 4.34. The minimum atomic E-state index is -3.77. The fourth-order valence-electron chi connectivity index (χ4n) is 1.75. The van der Waals surface area contributed by atoms with E-state index < -0.39 is 10.0 Å². The normalized spacial score (nSPS) is 11.2. The highest BCUT2D eigenvalue weighted by atomic mass is 79.9. The number of sulfonamides is 1. The smallest absolute Gasteiger partial charge is 0.274 e. The molecule has 0 bridgehead atoms. The highest BCUT2D eigenvalue weighted by Gasteiger charge is 2.13. The SMILES string of the molecule is Cc1cc(NC(=O)c2ccc(Br)cn2)ccc1S(N)(=O)=O. The Balaban J connectivity index is 2.22. The largest absolute Gasteiger partial charge is 0.321 e. The van der Waals surface area contributed by atoms with Crippen LogP contribution in [0.1, 0.15) is 16.1 Å². The van der Waals surface area contributed by atoms with Gasteiger partial charge in [-0.05, 0) is 58.7 Å². The van der Waals surface area contributed by atoms with Crippen LogP contribution in [-0.2, 0) is 10.0 Å². The highest BCUT2D eigenvalue weighted by molar-refractivity contribution is 9.10. The molecule has 21 heavy (non-hydrogen) atoms.